The summed E-state index contributed by atoms with van der Waals surface area (Å²) in [6.07, 6.45) is 0. The topological polar surface area (TPSA) is 314 Å². The molecule has 2 unspecified atom stereocenters. The first-order chi connectivity index (χ1) is 0. The van der Waals surface area contributed by atoms with Crippen LogP contribution < -0.4 is 0 Å². The molecule has 17 heavy (non-hydrogen) atoms. The molecule has 0 heterocycles. The molecular formula is H6O11P2U2V2-22. The van der Waals surface area contributed by atoms with Crippen molar-refractivity contribution in [3.05, 3.63) is 0 Å². The van der Waals surface area contributed by atoms with E-state index in [2.05, 4.69) is 0 Å². The summed E-state index contributed by atoms with van der Waals surface area (Å²) in [7, 11) is 0. The third-order valence-electron chi connectivity index (χ3n) is 0. The Bertz CT molecular complexity index is 25.4. The van der Waals surface area contributed by atoms with Crippen LogP contribution in [0.15, 0.2) is 0 Å². The molecule has 2 atom stereocenters. The minimum atomic E-state index is 0. The second kappa shape index (κ2) is 505. The van der Waals surface area contributed by atoms with Crippen LogP contribution >= 0.6 is 19.8 Å². The molecule has 0 aliphatic heterocycles. The molecule has 0 saturated carbocycles. The van der Waals surface area contributed by atoms with E-state index in [4.69, 9.17) is 0 Å². The van der Waals surface area contributed by atoms with Gasteiger partial charge in [-0.05, 0) is 0 Å². The first-order valence-electron chi connectivity index (χ1n) is 0. The second-order valence-corrected chi connectivity index (χ2v) is 0. The maximum atomic E-state index is 0. The fourth-order valence-electron chi connectivity index (χ4n) is 0. The van der Waals surface area contributed by atoms with Gasteiger partial charge in [-0.1, -0.05) is 0 Å². The maximum absolute atomic E-state index is 0. The molecule has 0 aliphatic carbocycles. The average Bonchev–Trinajstić information content (AvgIpc) is 0. The van der Waals surface area contributed by atoms with Gasteiger partial charge in [0.25, 0.3) is 0 Å². The molecule has 17 heteroatoms. The summed E-state index contributed by atoms with van der Waals surface area (Å²) >= 11 is 0. The molecule has 0 aromatic heterocycles. The summed E-state index contributed by atoms with van der Waals surface area (Å²) in [5.41, 5.74) is 0. The van der Waals surface area contributed by atoms with Crippen molar-refractivity contribution in [2.45, 2.75) is 0 Å². The van der Waals surface area contributed by atoms with Crippen LogP contribution in [0.1, 0.15) is 0 Å². The van der Waals surface area contributed by atoms with Crippen molar-refractivity contribution >= 4 is 19.8 Å². The Morgan fingerprint density at radius 1 is 0.235 bits per heavy atom. The van der Waals surface area contributed by atoms with Crippen molar-refractivity contribution in [3.63, 3.8) is 0 Å². The fraction of sp³-hybridized carbons (Fsp3) is 0. The Balaban J connectivity index is 0. The Kier molecular flexibility index (Phi) is 17500. The van der Waals surface area contributed by atoms with Crippen LogP contribution in [0.4, 0.5) is 0 Å². The van der Waals surface area contributed by atoms with Crippen LogP contribution in [0.3, 0.4) is 0 Å². The van der Waals surface area contributed by atoms with Gasteiger partial charge in [-0.15, -0.1) is 0 Å². The quantitative estimate of drug-likeness (QED) is 0.260. The second-order valence-electron chi connectivity index (χ2n) is 0. The molecule has 2 radical (unpaired) electrons. The van der Waals surface area contributed by atoms with E-state index >= 15 is 0 Å². The molecular weight excluding hydrogens is 816 g/mol. The van der Waals surface area contributed by atoms with Crippen LogP contribution in [0.25, 0.3) is 0 Å². The summed E-state index contributed by atoms with van der Waals surface area (Å²) in [4.78, 5) is 0. The number of rotatable bonds is 0. The fourth-order valence-corrected chi connectivity index (χ4v) is 0. The number of hydrogen-bond donors (Lipinski definition) is 0. The van der Waals surface area contributed by atoms with E-state index in [1.165, 1.54) is 0 Å². The van der Waals surface area contributed by atoms with Crippen LogP contribution in [0, 0.1) is 62.2 Å². The van der Waals surface area contributed by atoms with E-state index in [0.717, 1.165) is 0 Å². The monoisotopic (exact) mass is 822 g/mol. The summed E-state index contributed by atoms with van der Waals surface area (Å²) in [5.74, 6) is 0. The molecule has 0 aromatic rings. The number of hydrogen-bond acceptors (Lipinski definition) is 0. The van der Waals surface area contributed by atoms with Gasteiger partial charge in [0.1, 0.15) is 0 Å². The summed E-state index contributed by atoms with van der Waals surface area (Å²) in [6.45, 7) is 0. The molecule has 0 bridgehead atoms. The third-order valence-corrected chi connectivity index (χ3v) is 0. The van der Waals surface area contributed by atoms with Gasteiger partial charge in [0.15, 0.2) is 0 Å². The molecule has 11 nitrogen and oxygen atoms in total. The van der Waals surface area contributed by atoms with Gasteiger partial charge in [-0.2, -0.15) is 19.8 Å². The van der Waals surface area contributed by atoms with Crippen molar-refractivity contribution in [3.8, 4) is 0 Å². The molecule has 0 amide bonds. The van der Waals surface area contributed by atoms with Gasteiger partial charge in [0, 0.05) is 99.3 Å². The molecule has 0 N–H and O–H groups in total. The summed E-state index contributed by atoms with van der Waals surface area (Å²) < 4.78 is 0. The zero-order chi connectivity index (χ0) is 0. The maximum Gasteiger partial charge on any atom is 0 e. The SMILES string of the molecule is P.P.[O-2].[O-2].[O-2].[O-2].[O-2].[O-2].[O-2].[O-2].[O-2].[O-2].[O-2].[U].[U].[V].[V]. The predicted molar refractivity (Wildman–Crippen MR) is 29.8 cm³/mol. The molecule has 0 spiro atoms. The minimum absolute atomic E-state index is 0. The normalized spacial score (nSPS) is 0. The van der Waals surface area contributed by atoms with Crippen molar-refractivity contribution < 1.29 is 160 Å². The van der Waals surface area contributed by atoms with Crippen LogP contribution in [-0.2, 0) is 97.3 Å². The first-order valence-corrected chi connectivity index (χ1v) is 0. The van der Waals surface area contributed by atoms with E-state index in [1.807, 2.05) is 0 Å². The molecule has 122 valence electrons. The van der Waals surface area contributed by atoms with Crippen molar-refractivity contribution in [1.82, 2.24) is 0 Å². The molecule has 0 aliphatic rings. The largest absolute Gasteiger partial charge is 2.00 e. The Hall–Kier alpha value is 3.69. The van der Waals surface area contributed by atoms with Gasteiger partial charge in [-0.25, -0.2) is 0 Å². The van der Waals surface area contributed by atoms with Gasteiger partial charge in [0.2, 0.25) is 0 Å². The summed E-state index contributed by atoms with van der Waals surface area (Å²) in [6, 6.07) is 0. The molecule has 0 fully saturated rings. The van der Waals surface area contributed by atoms with Gasteiger partial charge in [-0.3, -0.25) is 0 Å². The zero-order valence-electron chi connectivity index (χ0n) is 7.80. The van der Waals surface area contributed by atoms with Crippen LogP contribution in [-0.4, -0.2) is 0 Å². The standard InChI is InChI=1S/11O.2H3P.2U.2V/h;;;;;;;;;;;2*1H3;;;;/q11*-2;;;;;;. The molecule has 0 aromatic carbocycles. The predicted octanol–water partition coefficient (Wildman–Crippen LogP) is -1.20. The Morgan fingerprint density at radius 2 is 0.235 bits per heavy atom. The van der Waals surface area contributed by atoms with E-state index in [0.29, 0.717) is 0 Å². The third kappa shape index (κ3) is 452. The smallest absolute Gasteiger partial charge is 0 e. The Morgan fingerprint density at radius 3 is 0.235 bits per heavy atom. The van der Waals surface area contributed by atoms with E-state index in [-0.39, 0.29) is 179 Å². The van der Waals surface area contributed by atoms with E-state index in [1.54, 1.807) is 0 Å². The van der Waals surface area contributed by atoms with Crippen LogP contribution in [0.5, 0.6) is 0 Å². The minimum Gasteiger partial charge on any atom is -2.00 e. The molecule has 0 rings (SSSR count). The van der Waals surface area contributed by atoms with Gasteiger partial charge in [0.05, 0.1) is 0 Å². The summed E-state index contributed by atoms with van der Waals surface area (Å²) in [5, 5.41) is 0. The van der Waals surface area contributed by atoms with Gasteiger partial charge < -0.3 is 60.2 Å². The zero-order valence-corrected chi connectivity index (χ0v) is 21.7. The van der Waals surface area contributed by atoms with Crippen molar-refractivity contribution in [2.75, 3.05) is 0 Å². The first kappa shape index (κ1) is 588. The van der Waals surface area contributed by atoms with E-state index in [9.17, 15) is 0 Å². The van der Waals surface area contributed by atoms with Crippen molar-refractivity contribution in [1.29, 1.82) is 0 Å². The van der Waals surface area contributed by atoms with Crippen molar-refractivity contribution in [2.24, 2.45) is 0 Å². The van der Waals surface area contributed by atoms with Gasteiger partial charge >= 0.3 is 0 Å². The van der Waals surface area contributed by atoms with Crippen LogP contribution in [0.2, 0.25) is 0 Å². The Labute approximate surface area is 177 Å². The van der Waals surface area contributed by atoms with E-state index < -0.39 is 0 Å². The molecule has 0 saturated heterocycles. The average molecular weight is 822 g/mol.